The molecular formula is C12H5F3N2O3S. The quantitative estimate of drug-likeness (QED) is 0.688. The highest BCUT2D eigenvalue weighted by molar-refractivity contribution is 7.17. The number of alkyl halides is 3. The first kappa shape index (κ1) is 13.6. The normalized spacial score (nSPS) is 11.8. The highest BCUT2D eigenvalue weighted by Crippen LogP contribution is 2.32. The summed E-state index contributed by atoms with van der Waals surface area (Å²) in [6.45, 7) is 0. The molecule has 0 spiro atoms. The van der Waals surface area contributed by atoms with E-state index in [1.165, 1.54) is 12.3 Å². The molecule has 0 unspecified atom stereocenters. The highest BCUT2D eigenvalue weighted by Gasteiger charge is 2.40. The molecule has 3 heterocycles. The second-order valence-electron chi connectivity index (χ2n) is 3.88. The van der Waals surface area contributed by atoms with Crippen LogP contribution in [-0.4, -0.2) is 22.2 Å². The van der Waals surface area contributed by atoms with E-state index < -0.39 is 16.8 Å². The number of hydrogen-bond donors (Lipinski definition) is 0. The molecule has 5 nitrogen and oxygen atoms in total. The summed E-state index contributed by atoms with van der Waals surface area (Å²) in [5, 5.41) is 7.45. The lowest BCUT2D eigenvalue weighted by molar-refractivity contribution is -0.0882. The first-order valence-electron chi connectivity index (χ1n) is 5.54. The first-order chi connectivity index (χ1) is 9.95. The van der Waals surface area contributed by atoms with Crippen molar-refractivity contribution in [2.75, 3.05) is 0 Å². The minimum Gasteiger partial charge on any atom is -0.459 e. The van der Waals surface area contributed by atoms with E-state index >= 15 is 0 Å². The van der Waals surface area contributed by atoms with E-state index in [4.69, 9.17) is 8.83 Å². The monoisotopic (exact) mass is 314 g/mol. The van der Waals surface area contributed by atoms with Gasteiger partial charge in [-0.2, -0.15) is 13.2 Å². The third-order valence-corrected chi connectivity index (χ3v) is 3.53. The van der Waals surface area contributed by atoms with Gasteiger partial charge >= 0.3 is 6.18 Å². The van der Waals surface area contributed by atoms with Gasteiger partial charge in [-0.05, 0) is 24.3 Å². The van der Waals surface area contributed by atoms with Crippen LogP contribution < -0.4 is 0 Å². The molecule has 0 amide bonds. The van der Waals surface area contributed by atoms with Crippen molar-refractivity contribution in [1.82, 2.24) is 10.2 Å². The Balaban J connectivity index is 1.89. The fourth-order valence-electron chi connectivity index (χ4n) is 1.54. The summed E-state index contributed by atoms with van der Waals surface area (Å²) in [4.78, 5) is 10.9. The molecule has 0 fully saturated rings. The van der Waals surface area contributed by atoms with Gasteiger partial charge in [0.25, 0.3) is 17.6 Å². The van der Waals surface area contributed by atoms with E-state index in [9.17, 15) is 18.0 Å². The van der Waals surface area contributed by atoms with Crippen molar-refractivity contribution >= 4 is 17.1 Å². The van der Waals surface area contributed by atoms with Crippen LogP contribution in [0, 0.1) is 0 Å². The zero-order valence-electron chi connectivity index (χ0n) is 10.0. The van der Waals surface area contributed by atoms with E-state index in [0.29, 0.717) is 17.1 Å². The number of carbonyl (C=O) groups excluding carboxylic acids is 1. The molecule has 0 N–H and O–H groups in total. The van der Waals surface area contributed by atoms with Gasteiger partial charge in [-0.3, -0.25) is 4.79 Å². The van der Waals surface area contributed by atoms with E-state index in [-0.39, 0.29) is 16.7 Å². The minimum atomic E-state index is -4.91. The van der Waals surface area contributed by atoms with Gasteiger partial charge in [0.05, 0.1) is 16.0 Å². The number of Topliss-reactive ketones (excluding diaryl/α,β-unsaturated/α-hetero) is 1. The Morgan fingerprint density at radius 2 is 1.90 bits per heavy atom. The van der Waals surface area contributed by atoms with Crippen LogP contribution in [0.4, 0.5) is 13.2 Å². The SMILES string of the molecule is O=C(c1ccc(-c2nnc(-c3ccco3)o2)s1)C(F)(F)F. The van der Waals surface area contributed by atoms with E-state index in [0.717, 1.165) is 6.07 Å². The number of ketones is 1. The van der Waals surface area contributed by atoms with Crippen LogP contribution in [0.3, 0.4) is 0 Å². The molecule has 9 heteroatoms. The summed E-state index contributed by atoms with van der Waals surface area (Å²) < 4.78 is 47.3. The Morgan fingerprint density at radius 3 is 2.57 bits per heavy atom. The number of aromatic nitrogens is 2. The topological polar surface area (TPSA) is 69.1 Å². The molecule has 3 aromatic heterocycles. The third-order valence-electron chi connectivity index (χ3n) is 2.45. The maximum absolute atomic E-state index is 12.3. The molecule has 108 valence electrons. The summed E-state index contributed by atoms with van der Waals surface area (Å²) in [7, 11) is 0. The van der Waals surface area contributed by atoms with Gasteiger partial charge in [-0.15, -0.1) is 21.5 Å². The average Bonchev–Trinajstić information content (AvgIpc) is 3.16. The number of thiophene rings is 1. The highest BCUT2D eigenvalue weighted by atomic mass is 32.1. The van der Waals surface area contributed by atoms with Gasteiger partial charge < -0.3 is 8.83 Å². The molecule has 0 saturated heterocycles. The van der Waals surface area contributed by atoms with Crippen molar-refractivity contribution < 1.29 is 26.8 Å². The Hall–Kier alpha value is -2.42. The summed E-state index contributed by atoms with van der Waals surface area (Å²) in [5.41, 5.74) is 0. The van der Waals surface area contributed by atoms with Crippen LogP contribution in [0.2, 0.25) is 0 Å². The molecule has 0 saturated carbocycles. The van der Waals surface area contributed by atoms with E-state index in [1.54, 1.807) is 12.1 Å². The van der Waals surface area contributed by atoms with Gasteiger partial charge in [0.15, 0.2) is 5.76 Å². The average molecular weight is 314 g/mol. The molecule has 0 atom stereocenters. The second-order valence-corrected chi connectivity index (χ2v) is 4.96. The minimum absolute atomic E-state index is 0.0209. The lowest BCUT2D eigenvalue weighted by atomic mass is 10.3. The maximum Gasteiger partial charge on any atom is 0.455 e. The van der Waals surface area contributed by atoms with Crippen molar-refractivity contribution in [2.24, 2.45) is 0 Å². The molecular weight excluding hydrogens is 309 g/mol. The molecule has 3 rings (SSSR count). The van der Waals surface area contributed by atoms with Crippen LogP contribution in [0.25, 0.3) is 22.4 Å². The van der Waals surface area contributed by atoms with E-state index in [2.05, 4.69) is 10.2 Å². The summed E-state index contributed by atoms with van der Waals surface area (Å²) in [6, 6.07) is 5.63. The van der Waals surface area contributed by atoms with Crippen LogP contribution in [0.5, 0.6) is 0 Å². The Morgan fingerprint density at radius 1 is 1.14 bits per heavy atom. The van der Waals surface area contributed by atoms with Crippen molar-refractivity contribution in [3.8, 4) is 22.4 Å². The first-order valence-corrected chi connectivity index (χ1v) is 6.36. The molecule has 0 aromatic carbocycles. The van der Waals surface area contributed by atoms with Gasteiger partial charge in [0.2, 0.25) is 0 Å². The van der Waals surface area contributed by atoms with E-state index in [1.807, 2.05) is 0 Å². The molecule has 0 bridgehead atoms. The Labute approximate surface area is 119 Å². The second kappa shape index (κ2) is 4.85. The van der Waals surface area contributed by atoms with Crippen molar-refractivity contribution in [3.05, 3.63) is 35.4 Å². The fourth-order valence-corrected chi connectivity index (χ4v) is 2.42. The van der Waals surface area contributed by atoms with Crippen molar-refractivity contribution in [3.63, 3.8) is 0 Å². The Bertz CT molecular complexity index is 774. The lowest BCUT2D eigenvalue weighted by Gasteiger charge is -2.00. The van der Waals surface area contributed by atoms with Crippen LogP contribution in [0.15, 0.2) is 39.4 Å². The number of furan rings is 1. The number of carbonyl (C=O) groups is 1. The zero-order chi connectivity index (χ0) is 15.0. The molecule has 0 radical (unpaired) electrons. The van der Waals surface area contributed by atoms with Crippen LogP contribution in [-0.2, 0) is 0 Å². The molecule has 3 aromatic rings. The molecule has 21 heavy (non-hydrogen) atoms. The standard InChI is InChI=1S/C12H5F3N2O3S/c13-12(14,15)9(18)7-3-4-8(21-7)11-17-16-10(20-11)6-2-1-5-19-6/h1-5H. The third kappa shape index (κ3) is 2.59. The lowest BCUT2D eigenvalue weighted by Crippen LogP contribution is -2.21. The number of rotatable bonds is 3. The fraction of sp³-hybridized carbons (Fsp3) is 0.0833. The molecule has 0 aliphatic carbocycles. The van der Waals surface area contributed by atoms with Crippen molar-refractivity contribution in [1.29, 1.82) is 0 Å². The van der Waals surface area contributed by atoms with Crippen molar-refractivity contribution in [2.45, 2.75) is 6.18 Å². The van der Waals surface area contributed by atoms with Gasteiger partial charge in [-0.25, -0.2) is 0 Å². The zero-order valence-corrected chi connectivity index (χ0v) is 10.9. The van der Waals surface area contributed by atoms with Crippen LogP contribution >= 0.6 is 11.3 Å². The predicted octanol–water partition coefficient (Wildman–Crippen LogP) is 3.80. The number of nitrogens with zero attached hydrogens (tertiary/aromatic N) is 2. The Kier molecular flexibility index (Phi) is 3.13. The largest absolute Gasteiger partial charge is 0.459 e. The van der Waals surface area contributed by atoms with Gasteiger partial charge in [-0.1, -0.05) is 0 Å². The summed E-state index contributed by atoms with van der Waals surface area (Å²) in [6.07, 6.45) is -3.49. The number of hydrogen-bond acceptors (Lipinski definition) is 6. The molecule has 0 aliphatic rings. The number of halogens is 3. The van der Waals surface area contributed by atoms with Gasteiger partial charge in [0.1, 0.15) is 0 Å². The predicted molar refractivity (Wildman–Crippen MR) is 65.7 cm³/mol. The van der Waals surface area contributed by atoms with Gasteiger partial charge in [0, 0.05) is 0 Å². The summed E-state index contributed by atoms with van der Waals surface area (Å²) in [5.74, 6) is -1.43. The van der Waals surface area contributed by atoms with Crippen LogP contribution in [0.1, 0.15) is 9.67 Å². The smallest absolute Gasteiger partial charge is 0.455 e. The summed E-state index contributed by atoms with van der Waals surface area (Å²) >= 11 is 0.635. The molecule has 0 aliphatic heterocycles. The maximum atomic E-state index is 12.3.